The van der Waals surface area contributed by atoms with Crippen LogP contribution >= 0.6 is 0 Å². The summed E-state index contributed by atoms with van der Waals surface area (Å²) in [5.41, 5.74) is 1.56. The minimum atomic E-state index is -0.635. The standard InChI is InChI=1S/C19H22FN3O2/c1-13-3-2-4-17(21-13)22-19(25)23-11-9-15(10-12-23)18(24)14-5-7-16(20)8-6-14/h2-8,15,18,24H,9-12H2,1H3,(H,21,22,25)/t18-/m0/s1. The molecular weight excluding hydrogens is 321 g/mol. The van der Waals surface area contributed by atoms with Crippen LogP contribution in [0.2, 0.25) is 0 Å². The van der Waals surface area contributed by atoms with Crippen LogP contribution in [0.1, 0.15) is 30.2 Å². The molecule has 0 bridgehead atoms. The summed E-state index contributed by atoms with van der Waals surface area (Å²) in [6, 6.07) is 11.3. The zero-order valence-corrected chi connectivity index (χ0v) is 14.2. The van der Waals surface area contributed by atoms with Crippen LogP contribution < -0.4 is 5.32 Å². The number of nitrogens with zero attached hydrogens (tertiary/aromatic N) is 2. The van der Waals surface area contributed by atoms with Crippen LogP contribution in [0, 0.1) is 18.7 Å². The normalized spacial score (nSPS) is 16.5. The number of aliphatic hydroxyl groups is 1. The minimum absolute atomic E-state index is 0.0617. The number of likely N-dealkylation sites (tertiary alicyclic amines) is 1. The van der Waals surface area contributed by atoms with Gasteiger partial charge in [0.1, 0.15) is 11.6 Å². The Morgan fingerprint density at radius 1 is 1.24 bits per heavy atom. The Balaban J connectivity index is 1.54. The molecule has 2 aromatic rings. The van der Waals surface area contributed by atoms with E-state index in [1.165, 1.54) is 12.1 Å². The SMILES string of the molecule is Cc1cccc(NC(=O)N2CCC([C@@H](O)c3ccc(F)cc3)CC2)n1. The van der Waals surface area contributed by atoms with E-state index in [4.69, 9.17) is 0 Å². The smallest absolute Gasteiger partial charge is 0.323 e. The third-order valence-corrected chi connectivity index (χ3v) is 4.61. The summed E-state index contributed by atoms with van der Waals surface area (Å²) in [6.45, 7) is 3.01. The van der Waals surface area contributed by atoms with Crippen LogP contribution in [0.4, 0.5) is 15.0 Å². The van der Waals surface area contributed by atoms with Crippen molar-refractivity contribution in [1.82, 2.24) is 9.88 Å². The number of carbonyl (C=O) groups is 1. The molecule has 0 spiro atoms. The molecule has 5 nitrogen and oxygen atoms in total. The Hall–Kier alpha value is -2.47. The first-order valence-corrected chi connectivity index (χ1v) is 8.46. The summed E-state index contributed by atoms with van der Waals surface area (Å²) < 4.78 is 13.0. The second kappa shape index (κ2) is 7.61. The van der Waals surface area contributed by atoms with Crippen molar-refractivity contribution < 1.29 is 14.3 Å². The summed E-state index contributed by atoms with van der Waals surface area (Å²) in [5.74, 6) is 0.289. The summed E-state index contributed by atoms with van der Waals surface area (Å²) >= 11 is 0. The molecule has 0 saturated carbocycles. The van der Waals surface area contributed by atoms with Crippen molar-refractivity contribution in [3.05, 3.63) is 59.5 Å². The van der Waals surface area contributed by atoms with Gasteiger partial charge in [0.2, 0.25) is 0 Å². The number of amides is 2. The number of hydrogen-bond donors (Lipinski definition) is 2. The van der Waals surface area contributed by atoms with E-state index < -0.39 is 6.10 Å². The van der Waals surface area contributed by atoms with Crippen molar-refractivity contribution in [2.24, 2.45) is 5.92 Å². The quantitative estimate of drug-likeness (QED) is 0.896. The maximum Gasteiger partial charge on any atom is 0.323 e. The molecule has 2 N–H and O–H groups in total. The van der Waals surface area contributed by atoms with E-state index in [-0.39, 0.29) is 17.8 Å². The molecule has 1 saturated heterocycles. The molecule has 1 fully saturated rings. The number of hydrogen-bond acceptors (Lipinski definition) is 3. The highest BCUT2D eigenvalue weighted by molar-refractivity contribution is 5.88. The molecule has 1 aliphatic rings. The van der Waals surface area contributed by atoms with E-state index >= 15 is 0 Å². The zero-order valence-electron chi connectivity index (χ0n) is 14.2. The van der Waals surface area contributed by atoms with Crippen LogP contribution in [0.15, 0.2) is 42.5 Å². The van der Waals surface area contributed by atoms with Gasteiger partial charge in [0.25, 0.3) is 0 Å². The zero-order chi connectivity index (χ0) is 17.8. The molecule has 1 atom stereocenters. The molecule has 0 aliphatic carbocycles. The lowest BCUT2D eigenvalue weighted by atomic mass is 9.87. The number of aliphatic hydroxyl groups excluding tert-OH is 1. The summed E-state index contributed by atoms with van der Waals surface area (Å²) in [6.07, 6.45) is 0.768. The highest BCUT2D eigenvalue weighted by atomic mass is 19.1. The fourth-order valence-electron chi connectivity index (χ4n) is 3.15. The second-order valence-corrected chi connectivity index (χ2v) is 6.42. The average molecular weight is 343 g/mol. The van der Waals surface area contributed by atoms with Gasteiger partial charge in [-0.3, -0.25) is 5.32 Å². The highest BCUT2D eigenvalue weighted by Gasteiger charge is 2.28. The Bertz CT molecular complexity index is 728. The molecule has 1 aromatic carbocycles. The molecule has 0 unspecified atom stereocenters. The van der Waals surface area contributed by atoms with Crippen LogP contribution in [-0.2, 0) is 0 Å². The number of nitrogens with one attached hydrogen (secondary N) is 1. The Morgan fingerprint density at radius 3 is 2.56 bits per heavy atom. The third-order valence-electron chi connectivity index (χ3n) is 4.61. The average Bonchev–Trinajstić information content (AvgIpc) is 2.62. The number of pyridine rings is 1. The minimum Gasteiger partial charge on any atom is -0.388 e. The van der Waals surface area contributed by atoms with Gasteiger partial charge in [-0.25, -0.2) is 14.2 Å². The van der Waals surface area contributed by atoms with E-state index in [1.807, 2.05) is 19.1 Å². The summed E-state index contributed by atoms with van der Waals surface area (Å²) in [5, 5.41) is 13.3. The number of rotatable bonds is 3. The van der Waals surface area contributed by atoms with Crippen LogP contribution in [-0.4, -0.2) is 34.1 Å². The Morgan fingerprint density at radius 2 is 1.92 bits per heavy atom. The van der Waals surface area contributed by atoms with E-state index in [0.29, 0.717) is 37.3 Å². The number of aryl methyl sites for hydroxylation is 1. The van der Waals surface area contributed by atoms with Gasteiger partial charge in [0.05, 0.1) is 6.10 Å². The van der Waals surface area contributed by atoms with E-state index in [9.17, 15) is 14.3 Å². The summed E-state index contributed by atoms with van der Waals surface area (Å²) in [4.78, 5) is 18.3. The molecule has 132 valence electrons. The number of halogens is 1. The number of carbonyl (C=O) groups excluding carboxylic acids is 1. The topological polar surface area (TPSA) is 65.5 Å². The van der Waals surface area contributed by atoms with Crippen molar-refractivity contribution in [3.8, 4) is 0 Å². The molecule has 25 heavy (non-hydrogen) atoms. The highest BCUT2D eigenvalue weighted by Crippen LogP contribution is 2.31. The fourth-order valence-corrected chi connectivity index (χ4v) is 3.15. The van der Waals surface area contributed by atoms with Crippen LogP contribution in [0.5, 0.6) is 0 Å². The van der Waals surface area contributed by atoms with Gasteiger partial charge in [-0.15, -0.1) is 0 Å². The monoisotopic (exact) mass is 343 g/mol. The number of urea groups is 1. The second-order valence-electron chi connectivity index (χ2n) is 6.42. The predicted molar refractivity (Wildman–Crippen MR) is 93.6 cm³/mol. The first-order valence-electron chi connectivity index (χ1n) is 8.46. The largest absolute Gasteiger partial charge is 0.388 e. The number of aromatic nitrogens is 1. The fraction of sp³-hybridized carbons (Fsp3) is 0.368. The first kappa shape index (κ1) is 17.4. The Labute approximate surface area is 146 Å². The van der Waals surface area contributed by atoms with Gasteiger partial charge in [0, 0.05) is 18.8 Å². The first-order chi connectivity index (χ1) is 12.0. The van der Waals surface area contributed by atoms with Gasteiger partial charge in [-0.1, -0.05) is 18.2 Å². The Kier molecular flexibility index (Phi) is 5.28. The maximum absolute atomic E-state index is 13.0. The van der Waals surface area contributed by atoms with Crippen LogP contribution in [0.3, 0.4) is 0 Å². The van der Waals surface area contributed by atoms with Crippen molar-refractivity contribution >= 4 is 11.8 Å². The molecule has 6 heteroatoms. The van der Waals surface area contributed by atoms with Crippen LogP contribution in [0.25, 0.3) is 0 Å². The van der Waals surface area contributed by atoms with Gasteiger partial charge < -0.3 is 10.0 Å². The molecule has 1 aliphatic heterocycles. The third kappa shape index (κ3) is 4.33. The lowest BCUT2D eigenvalue weighted by molar-refractivity contribution is 0.0682. The van der Waals surface area contributed by atoms with Gasteiger partial charge in [-0.05, 0) is 55.5 Å². The number of anilines is 1. The molecule has 3 rings (SSSR count). The molecule has 0 radical (unpaired) electrons. The van der Waals surface area contributed by atoms with Crippen molar-refractivity contribution in [2.75, 3.05) is 18.4 Å². The number of piperidine rings is 1. The molecule has 2 heterocycles. The van der Waals surface area contributed by atoms with Crippen molar-refractivity contribution in [3.63, 3.8) is 0 Å². The summed E-state index contributed by atoms with van der Waals surface area (Å²) in [7, 11) is 0. The predicted octanol–water partition coefficient (Wildman–Crippen LogP) is 3.51. The number of benzene rings is 1. The van der Waals surface area contributed by atoms with E-state index in [0.717, 1.165) is 5.69 Å². The molecule has 2 amide bonds. The molecule has 1 aromatic heterocycles. The van der Waals surface area contributed by atoms with Gasteiger partial charge >= 0.3 is 6.03 Å². The van der Waals surface area contributed by atoms with E-state index in [2.05, 4.69) is 10.3 Å². The lowest BCUT2D eigenvalue weighted by Crippen LogP contribution is -2.42. The van der Waals surface area contributed by atoms with Gasteiger partial charge in [0.15, 0.2) is 0 Å². The van der Waals surface area contributed by atoms with Gasteiger partial charge in [-0.2, -0.15) is 0 Å². The molecular formula is C19H22FN3O2. The van der Waals surface area contributed by atoms with Crippen molar-refractivity contribution in [2.45, 2.75) is 25.9 Å². The maximum atomic E-state index is 13.0. The van der Waals surface area contributed by atoms with E-state index in [1.54, 1.807) is 23.1 Å². The lowest BCUT2D eigenvalue weighted by Gasteiger charge is -2.34. The van der Waals surface area contributed by atoms with Crippen molar-refractivity contribution in [1.29, 1.82) is 0 Å².